The number of hydrogen-bond acceptors (Lipinski definition) is 5. The predicted molar refractivity (Wildman–Crippen MR) is 125 cm³/mol. The van der Waals surface area contributed by atoms with Crippen molar-refractivity contribution in [3.8, 4) is 5.75 Å². The Morgan fingerprint density at radius 2 is 1.84 bits per heavy atom. The first-order valence-electron chi connectivity index (χ1n) is 10.4. The highest BCUT2D eigenvalue weighted by atomic mass is 16.5. The standard InChI is InChI=1S/C24H25N5O3/c1-5-32-18-9-7-17(8-10-18)26-24(31)21-22(27-19-11-6-14(2)12-15(19)3)28-29-20(30)13-16(4)25-23(21)29/h6-13,27-28H,5H2,1-4H3,(H,26,31). The van der Waals surface area contributed by atoms with Crippen LogP contribution in [0.2, 0.25) is 0 Å². The number of rotatable bonds is 6. The van der Waals surface area contributed by atoms with E-state index < -0.39 is 5.91 Å². The molecule has 4 aromatic rings. The van der Waals surface area contributed by atoms with Crippen LogP contribution in [0.4, 0.5) is 17.2 Å². The number of carbonyl (C=O) groups excluding carboxylic acids is 1. The van der Waals surface area contributed by atoms with Crippen molar-refractivity contribution in [2.24, 2.45) is 0 Å². The molecule has 0 saturated carbocycles. The summed E-state index contributed by atoms with van der Waals surface area (Å²) < 4.78 is 6.72. The second kappa shape index (κ2) is 8.58. The average Bonchev–Trinajstić information content (AvgIpc) is 3.10. The summed E-state index contributed by atoms with van der Waals surface area (Å²) in [5, 5.41) is 9.14. The van der Waals surface area contributed by atoms with Crippen LogP contribution in [0, 0.1) is 20.8 Å². The fourth-order valence-corrected chi connectivity index (χ4v) is 3.54. The monoisotopic (exact) mass is 431 g/mol. The van der Waals surface area contributed by atoms with E-state index in [1.807, 2.05) is 39.0 Å². The van der Waals surface area contributed by atoms with Crippen LogP contribution in [0.25, 0.3) is 5.65 Å². The van der Waals surface area contributed by atoms with Gasteiger partial charge in [-0.25, -0.2) is 4.98 Å². The van der Waals surface area contributed by atoms with Gasteiger partial charge in [-0.15, -0.1) is 0 Å². The third kappa shape index (κ3) is 4.20. The number of aromatic amines is 1. The van der Waals surface area contributed by atoms with Gasteiger partial charge in [0.15, 0.2) is 5.65 Å². The molecular weight excluding hydrogens is 406 g/mol. The Morgan fingerprint density at radius 1 is 1.09 bits per heavy atom. The lowest BCUT2D eigenvalue weighted by Gasteiger charge is -2.11. The molecule has 3 N–H and O–H groups in total. The van der Waals surface area contributed by atoms with Crippen LogP contribution in [0.15, 0.2) is 53.3 Å². The van der Waals surface area contributed by atoms with Crippen LogP contribution in [-0.2, 0) is 0 Å². The molecule has 0 fully saturated rings. The van der Waals surface area contributed by atoms with Crippen molar-refractivity contribution in [3.05, 3.63) is 81.3 Å². The van der Waals surface area contributed by atoms with E-state index in [1.54, 1.807) is 31.2 Å². The highest BCUT2D eigenvalue weighted by Crippen LogP contribution is 2.26. The summed E-state index contributed by atoms with van der Waals surface area (Å²) in [5.41, 5.74) is 4.31. The second-order valence-corrected chi connectivity index (χ2v) is 7.61. The molecule has 164 valence electrons. The molecule has 4 rings (SSSR count). The lowest BCUT2D eigenvalue weighted by Crippen LogP contribution is -2.17. The van der Waals surface area contributed by atoms with E-state index in [1.165, 1.54) is 10.6 Å². The summed E-state index contributed by atoms with van der Waals surface area (Å²) in [6, 6.07) is 14.5. The molecule has 0 aliphatic heterocycles. The van der Waals surface area contributed by atoms with Gasteiger partial charge in [-0.2, -0.15) is 4.52 Å². The number of anilines is 3. The van der Waals surface area contributed by atoms with Gasteiger partial charge in [-0.05, 0) is 63.6 Å². The van der Waals surface area contributed by atoms with E-state index >= 15 is 0 Å². The first kappa shape index (κ1) is 21.2. The minimum Gasteiger partial charge on any atom is -0.494 e. The van der Waals surface area contributed by atoms with Crippen molar-refractivity contribution in [2.75, 3.05) is 17.2 Å². The molecule has 0 aliphatic rings. The quantitative estimate of drug-likeness (QED) is 0.422. The lowest BCUT2D eigenvalue weighted by atomic mass is 10.1. The maximum Gasteiger partial charge on any atom is 0.272 e. The smallest absolute Gasteiger partial charge is 0.272 e. The van der Waals surface area contributed by atoms with Gasteiger partial charge in [0, 0.05) is 23.1 Å². The Labute approximate surface area is 185 Å². The number of benzene rings is 2. The van der Waals surface area contributed by atoms with E-state index in [4.69, 9.17) is 4.74 Å². The molecule has 0 bridgehead atoms. The van der Waals surface area contributed by atoms with Gasteiger partial charge in [0.05, 0.1) is 6.61 Å². The molecule has 0 unspecified atom stereocenters. The molecule has 2 heterocycles. The third-order valence-corrected chi connectivity index (χ3v) is 5.04. The Hall–Kier alpha value is -4.07. The number of aryl methyl sites for hydroxylation is 3. The number of ether oxygens (including phenoxy) is 1. The highest BCUT2D eigenvalue weighted by molar-refractivity contribution is 6.12. The molecule has 0 spiro atoms. The lowest BCUT2D eigenvalue weighted by molar-refractivity contribution is 0.102. The molecule has 8 nitrogen and oxygen atoms in total. The maximum absolute atomic E-state index is 13.3. The van der Waals surface area contributed by atoms with Crippen LogP contribution in [0.3, 0.4) is 0 Å². The molecule has 0 saturated heterocycles. The van der Waals surface area contributed by atoms with Crippen molar-refractivity contribution in [1.82, 2.24) is 14.6 Å². The van der Waals surface area contributed by atoms with E-state index in [-0.39, 0.29) is 16.8 Å². The molecule has 2 aromatic carbocycles. The molecule has 1 amide bonds. The maximum atomic E-state index is 13.3. The van der Waals surface area contributed by atoms with Gasteiger partial charge in [0.25, 0.3) is 11.5 Å². The predicted octanol–water partition coefficient (Wildman–Crippen LogP) is 4.34. The molecular formula is C24H25N5O3. The van der Waals surface area contributed by atoms with E-state index in [0.29, 0.717) is 23.8 Å². The van der Waals surface area contributed by atoms with Crippen molar-refractivity contribution >= 4 is 28.7 Å². The molecule has 32 heavy (non-hydrogen) atoms. The molecule has 0 radical (unpaired) electrons. The van der Waals surface area contributed by atoms with Crippen LogP contribution in [0.1, 0.15) is 34.1 Å². The molecule has 0 aliphatic carbocycles. The van der Waals surface area contributed by atoms with Gasteiger partial charge in [0.1, 0.15) is 17.1 Å². The van der Waals surface area contributed by atoms with Crippen LogP contribution in [0.5, 0.6) is 5.75 Å². The zero-order valence-corrected chi connectivity index (χ0v) is 18.4. The summed E-state index contributed by atoms with van der Waals surface area (Å²) in [7, 11) is 0. The largest absolute Gasteiger partial charge is 0.494 e. The number of nitrogens with one attached hydrogen (secondary N) is 3. The first-order valence-corrected chi connectivity index (χ1v) is 10.4. The van der Waals surface area contributed by atoms with Crippen LogP contribution in [-0.4, -0.2) is 27.1 Å². The highest BCUT2D eigenvalue weighted by Gasteiger charge is 2.22. The normalized spacial score (nSPS) is 10.9. The molecule has 0 atom stereocenters. The summed E-state index contributed by atoms with van der Waals surface area (Å²) in [4.78, 5) is 30.3. The summed E-state index contributed by atoms with van der Waals surface area (Å²) >= 11 is 0. The van der Waals surface area contributed by atoms with Crippen molar-refractivity contribution in [1.29, 1.82) is 0 Å². The van der Waals surface area contributed by atoms with Gasteiger partial charge < -0.3 is 15.4 Å². The second-order valence-electron chi connectivity index (χ2n) is 7.61. The Balaban J connectivity index is 1.76. The van der Waals surface area contributed by atoms with Gasteiger partial charge >= 0.3 is 0 Å². The third-order valence-electron chi connectivity index (χ3n) is 5.04. The molecule has 8 heteroatoms. The van der Waals surface area contributed by atoms with Gasteiger partial charge in [0.2, 0.25) is 0 Å². The van der Waals surface area contributed by atoms with Gasteiger partial charge in [-0.1, -0.05) is 17.7 Å². The fraction of sp³-hybridized carbons (Fsp3) is 0.208. The number of fused-ring (bicyclic) bond motifs is 1. The number of nitrogens with zero attached hydrogens (tertiary/aromatic N) is 2. The number of hydrogen-bond donors (Lipinski definition) is 3. The van der Waals surface area contributed by atoms with Crippen molar-refractivity contribution in [3.63, 3.8) is 0 Å². The van der Waals surface area contributed by atoms with Gasteiger partial charge in [-0.3, -0.25) is 14.7 Å². The fourth-order valence-electron chi connectivity index (χ4n) is 3.54. The van der Waals surface area contributed by atoms with Crippen LogP contribution >= 0.6 is 0 Å². The summed E-state index contributed by atoms with van der Waals surface area (Å²) in [5.74, 6) is 0.715. The number of carbonyl (C=O) groups is 1. The van der Waals surface area contributed by atoms with Crippen molar-refractivity contribution < 1.29 is 9.53 Å². The van der Waals surface area contributed by atoms with E-state index in [2.05, 4.69) is 20.7 Å². The summed E-state index contributed by atoms with van der Waals surface area (Å²) in [6.45, 7) is 8.19. The Kier molecular flexibility index (Phi) is 5.68. The Bertz CT molecular complexity index is 1350. The molecule has 2 aromatic heterocycles. The minimum absolute atomic E-state index is 0.250. The topological polar surface area (TPSA) is 101 Å². The zero-order valence-electron chi connectivity index (χ0n) is 18.4. The first-order chi connectivity index (χ1) is 15.4. The van der Waals surface area contributed by atoms with E-state index in [9.17, 15) is 9.59 Å². The number of H-pyrrole nitrogens is 1. The minimum atomic E-state index is -0.391. The zero-order chi connectivity index (χ0) is 22.8. The van der Waals surface area contributed by atoms with Crippen LogP contribution < -0.4 is 20.9 Å². The van der Waals surface area contributed by atoms with E-state index in [0.717, 1.165) is 22.6 Å². The number of aromatic nitrogens is 3. The van der Waals surface area contributed by atoms with Crippen molar-refractivity contribution in [2.45, 2.75) is 27.7 Å². The Morgan fingerprint density at radius 3 is 2.53 bits per heavy atom. The SMILES string of the molecule is CCOc1ccc(NC(=O)c2c(Nc3ccc(C)cc3C)[nH]n3c(=O)cc(C)nc23)cc1. The number of amides is 1. The average molecular weight is 431 g/mol. The summed E-state index contributed by atoms with van der Waals surface area (Å²) in [6.07, 6.45) is 0.